The maximum absolute atomic E-state index is 13.7. The van der Waals surface area contributed by atoms with Crippen molar-refractivity contribution >= 4 is 41.0 Å². The number of amides is 2. The van der Waals surface area contributed by atoms with Gasteiger partial charge >= 0.3 is 0 Å². The summed E-state index contributed by atoms with van der Waals surface area (Å²) in [6, 6.07) is 13.5. The van der Waals surface area contributed by atoms with Crippen molar-refractivity contribution in [1.82, 2.24) is 4.90 Å². The third-order valence-electron chi connectivity index (χ3n) is 6.62. The van der Waals surface area contributed by atoms with E-state index in [1.54, 1.807) is 18.2 Å². The molecule has 2 fully saturated rings. The van der Waals surface area contributed by atoms with Gasteiger partial charge in [-0.1, -0.05) is 67.4 Å². The van der Waals surface area contributed by atoms with E-state index in [2.05, 4.69) is 0 Å². The molecule has 5 rings (SSSR count). The van der Waals surface area contributed by atoms with Crippen molar-refractivity contribution in [2.75, 3.05) is 11.4 Å². The van der Waals surface area contributed by atoms with Gasteiger partial charge in [0.2, 0.25) is 11.8 Å². The Balaban J connectivity index is 1.63. The van der Waals surface area contributed by atoms with E-state index in [1.807, 2.05) is 54.3 Å². The van der Waals surface area contributed by atoms with Crippen LogP contribution in [0.2, 0.25) is 5.02 Å². The van der Waals surface area contributed by atoms with Crippen LogP contribution in [0, 0.1) is 11.8 Å². The highest BCUT2D eigenvalue weighted by Gasteiger charge is 2.63. The number of likely N-dealkylation sites (tertiary alicyclic amines) is 1. The molecule has 0 aromatic heterocycles. The maximum Gasteiger partial charge on any atom is 0.235 e. The van der Waals surface area contributed by atoms with Crippen LogP contribution in [0.1, 0.15) is 35.7 Å². The number of ketones is 1. The van der Waals surface area contributed by atoms with Crippen molar-refractivity contribution in [3.63, 3.8) is 0 Å². The number of benzene rings is 2. The summed E-state index contributed by atoms with van der Waals surface area (Å²) in [5, 5.41) is 0.602. The monoisotopic (exact) mass is 434 g/mol. The molecule has 3 aliphatic rings. The predicted octanol–water partition coefficient (Wildman–Crippen LogP) is 4.21. The molecule has 0 aliphatic carbocycles. The first-order valence-electron chi connectivity index (χ1n) is 10.7. The number of anilines is 1. The van der Waals surface area contributed by atoms with Gasteiger partial charge in [0.1, 0.15) is 6.04 Å². The van der Waals surface area contributed by atoms with Gasteiger partial charge in [-0.05, 0) is 30.2 Å². The summed E-state index contributed by atoms with van der Waals surface area (Å²) in [4.78, 5) is 43.9. The smallest absolute Gasteiger partial charge is 0.235 e. The zero-order chi connectivity index (χ0) is 21.7. The Hall–Kier alpha value is -2.92. The minimum absolute atomic E-state index is 0.132. The highest BCUT2D eigenvalue weighted by Crippen LogP contribution is 2.49. The normalized spacial score (nSPS) is 26.1. The summed E-state index contributed by atoms with van der Waals surface area (Å²) >= 11 is 6.19. The number of nitrogens with zero attached hydrogens (tertiary/aromatic N) is 2. The van der Waals surface area contributed by atoms with Crippen LogP contribution in [0.3, 0.4) is 0 Å². The molecule has 2 aromatic carbocycles. The number of imide groups is 1. The molecule has 3 aliphatic heterocycles. The van der Waals surface area contributed by atoms with E-state index in [0.717, 1.165) is 24.1 Å². The number of hydrogen-bond donors (Lipinski definition) is 0. The zero-order valence-corrected chi connectivity index (χ0v) is 18.0. The summed E-state index contributed by atoms with van der Waals surface area (Å²) in [5.74, 6) is -1.76. The SMILES string of the molecule is CCCCN1C(=O)[C@@H]2[C@H](C1=O)[C@H](C(=O)c1ccccc1)N1c3ccc(Cl)cc3C=C[C@H]21. The Morgan fingerprint density at radius 1 is 1.03 bits per heavy atom. The van der Waals surface area contributed by atoms with Crippen LogP contribution in [-0.2, 0) is 9.59 Å². The van der Waals surface area contributed by atoms with Crippen molar-refractivity contribution in [3.05, 3.63) is 70.8 Å². The molecule has 0 spiro atoms. The molecular formula is C25H23ClN2O3. The Labute approximate surface area is 186 Å². The molecule has 4 atom stereocenters. The van der Waals surface area contributed by atoms with E-state index in [4.69, 9.17) is 11.6 Å². The van der Waals surface area contributed by atoms with Gasteiger partial charge < -0.3 is 4.90 Å². The molecule has 0 N–H and O–H groups in total. The number of halogens is 1. The van der Waals surface area contributed by atoms with Crippen molar-refractivity contribution in [1.29, 1.82) is 0 Å². The lowest BCUT2D eigenvalue weighted by molar-refractivity contribution is -0.140. The van der Waals surface area contributed by atoms with Crippen LogP contribution in [-0.4, -0.2) is 41.1 Å². The predicted molar refractivity (Wildman–Crippen MR) is 120 cm³/mol. The van der Waals surface area contributed by atoms with E-state index in [0.29, 0.717) is 17.1 Å². The Kier molecular flexibility index (Phi) is 4.94. The third-order valence-corrected chi connectivity index (χ3v) is 6.86. The number of unbranched alkanes of at least 4 members (excludes halogenated alkanes) is 1. The first-order valence-corrected chi connectivity index (χ1v) is 11.1. The molecule has 2 amide bonds. The van der Waals surface area contributed by atoms with E-state index in [-0.39, 0.29) is 23.6 Å². The topological polar surface area (TPSA) is 57.7 Å². The van der Waals surface area contributed by atoms with Gasteiger partial charge in [0.05, 0.1) is 17.9 Å². The number of Topliss-reactive ketones (excluding diaryl/α,β-unsaturated/α-hetero) is 1. The van der Waals surface area contributed by atoms with Gasteiger partial charge in [-0.25, -0.2) is 0 Å². The number of hydrogen-bond acceptors (Lipinski definition) is 4. The summed E-state index contributed by atoms with van der Waals surface area (Å²) in [7, 11) is 0. The molecule has 2 aromatic rings. The van der Waals surface area contributed by atoms with Crippen LogP contribution in [0.25, 0.3) is 6.08 Å². The summed E-state index contributed by atoms with van der Waals surface area (Å²) < 4.78 is 0. The average Bonchev–Trinajstić information content (AvgIpc) is 3.25. The van der Waals surface area contributed by atoms with Crippen molar-refractivity contribution in [2.24, 2.45) is 11.8 Å². The van der Waals surface area contributed by atoms with Crippen LogP contribution < -0.4 is 4.90 Å². The lowest BCUT2D eigenvalue weighted by Gasteiger charge is -2.36. The number of rotatable bonds is 5. The number of carbonyl (C=O) groups excluding carboxylic acids is 3. The van der Waals surface area contributed by atoms with Gasteiger partial charge in [0, 0.05) is 22.8 Å². The van der Waals surface area contributed by atoms with Crippen molar-refractivity contribution in [3.8, 4) is 0 Å². The highest BCUT2D eigenvalue weighted by molar-refractivity contribution is 6.30. The Morgan fingerprint density at radius 2 is 1.77 bits per heavy atom. The van der Waals surface area contributed by atoms with Gasteiger partial charge in [0.15, 0.2) is 5.78 Å². The fourth-order valence-electron chi connectivity index (χ4n) is 5.22. The molecule has 5 nitrogen and oxygen atoms in total. The largest absolute Gasteiger partial charge is 0.352 e. The molecule has 0 bridgehead atoms. The molecule has 0 radical (unpaired) electrons. The fourth-order valence-corrected chi connectivity index (χ4v) is 5.40. The summed E-state index contributed by atoms with van der Waals surface area (Å²) in [6.45, 7) is 2.44. The minimum atomic E-state index is -0.731. The Morgan fingerprint density at radius 3 is 2.52 bits per heavy atom. The second kappa shape index (κ2) is 7.65. The average molecular weight is 435 g/mol. The first kappa shape index (κ1) is 20.0. The fraction of sp³-hybridized carbons (Fsp3) is 0.320. The highest BCUT2D eigenvalue weighted by atomic mass is 35.5. The standard InChI is InChI=1S/C25H23ClN2O3/c1-2-3-13-27-24(30)20-19-11-9-16-14-17(26)10-12-18(16)28(19)22(21(20)25(27)31)23(29)15-7-5-4-6-8-15/h4-12,14,19-22H,2-3,13H2,1H3/t19-,20+,21+,22-/m1/s1. The van der Waals surface area contributed by atoms with Crippen LogP contribution in [0.5, 0.6) is 0 Å². The lowest BCUT2D eigenvalue weighted by Crippen LogP contribution is -2.48. The van der Waals surface area contributed by atoms with E-state index in [1.165, 1.54) is 4.90 Å². The maximum atomic E-state index is 13.7. The van der Waals surface area contributed by atoms with Gasteiger partial charge in [-0.3, -0.25) is 19.3 Å². The third kappa shape index (κ3) is 3.02. The summed E-state index contributed by atoms with van der Waals surface area (Å²) in [6.07, 6.45) is 5.55. The molecular weight excluding hydrogens is 412 g/mol. The van der Waals surface area contributed by atoms with Crippen molar-refractivity contribution < 1.29 is 14.4 Å². The summed E-state index contributed by atoms with van der Waals surface area (Å²) in [5.41, 5.74) is 2.27. The van der Waals surface area contributed by atoms with Gasteiger partial charge in [-0.2, -0.15) is 0 Å². The first-order chi connectivity index (χ1) is 15.0. The minimum Gasteiger partial charge on any atom is -0.352 e. The van der Waals surface area contributed by atoms with Crippen LogP contribution >= 0.6 is 11.6 Å². The second-order valence-corrected chi connectivity index (χ2v) is 8.80. The van der Waals surface area contributed by atoms with E-state index < -0.39 is 17.9 Å². The molecule has 6 heteroatoms. The molecule has 31 heavy (non-hydrogen) atoms. The zero-order valence-electron chi connectivity index (χ0n) is 17.2. The Bertz CT molecular complexity index is 1100. The van der Waals surface area contributed by atoms with E-state index >= 15 is 0 Å². The van der Waals surface area contributed by atoms with E-state index in [9.17, 15) is 14.4 Å². The van der Waals surface area contributed by atoms with Gasteiger partial charge in [-0.15, -0.1) is 0 Å². The molecule has 0 saturated carbocycles. The molecule has 158 valence electrons. The van der Waals surface area contributed by atoms with Crippen LogP contribution in [0.15, 0.2) is 54.6 Å². The van der Waals surface area contributed by atoms with Crippen LogP contribution in [0.4, 0.5) is 5.69 Å². The second-order valence-electron chi connectivity index (χ2n) is 8.37. The number of carbonyl (C=O) groups is 3. The molecule has 3 heterocycles. The lowest BCUT2D eigenvalue weighted by atomic mass is 9.86. The number of fused-ring (bicyclic) bond motifs is 5. The molecule has 0 unspecified atom stereocenters. The quantitative estimate of drug-likeness (QED) is 0.522. The van der Waals surface area contributed by atoms with Crippen molar-refractivity contribution in [2.45, 2.75) is 31.8 Å². The molecule has 2 saturated heterocycles. The van der Waals surface area contributed by atoms with Gasteiger partial charge in [0.25, 0.3) is 0 Å².